The Morgan fingerprint density at radius 2 is 1.49 bits per heavy atom. The van der Waals surface area contributed by atoms with Gasteiger partial charge < -0.3 is 26.2 Å². The van der Waals surface area contributed by atoms with Gasteiger partial charge in [0.2, 0.25) is 23.5 Å². The third-order valence-corrected chi connectivity index (χ3v) is 12.1. The highest BCUT2D eigenvalue weighted by atomic mass is 127. The lowest BCUT2D eigenvalue weighted by atomic mass is 9.81. The number of carbonyl (C=O) groups excluding carboxylic acids is 6. The SMILES string of the molecule is CCCC(NC(=O)[C@@H]1[C@@H](I)CCN1C(=O)[C@@H](NC(=O)[C@@H](NC(=O)c1cnccn1)C1CCCCC1)C1CCCCC1)C(=O)C(=O)NCc1ccccc1. The minimum absolute atomic E-state index is 0.103. The lowest BCUT2D eigenvalue weighted by molar-refractivity contribution is -0.144. The van der Waals surface area contributed by atoms with Crippen LogP contribution in [0.15, 0.2) is 48.9 Å². The van der Waals surface area contributed by atoms with Gasteiger partial charge in [-0.15, -0.1) is 0 Å². The van der Waals surface area contributed by atoms with Gasteiger partial charge in [-0.1, -0.05) is 105 Å². The molecule has 286 valence electrons. The Bertz CT molecular complexity index is 1570. The van der Waals surface area contributed by atoms with Crippen molar-refractivity contribution in [1.82, 2.24) is 36.1 Å². The first-order valence-corrected chi connectivity index (χ1v) is 20.4. The standard InChI is InChI=1S/C39H52IN7O6/c1-2-12-29(34(48)38(52)43-23-25-13-6-3-7-14-25)44-37(51)33-28(40)19-22-47(33)39(53)32(27-17-10-5-11-18-27)46-36(50)31(26-15-8-4-9-16-26)45-35(49)30-24-41-20-21-42-30/h3,6-7,13-14,20-21,24,26-29,31-33H,2,4-5,8-12,15-19,22-23H2,1H3,(H,43,52)(H,44,51)(H,45,49)(H,46,50)/t28-,29?,31-,32-,33-/m0/s1. The predicted octanol–water partition coefficient (Wildman–Crippen LogP) is 3.80. The monoisotopic (exact) mass is 841 g/mol. The highest BCUT2D eigenvalue weighted by Gasteiger charge is 2.46. The Labute approximate surface area is 325 Å². The summed E-state index contributed by atoms with van der Waals surface area (Å²) in [5, 5.41) is 11.5. The molecule has 2 aliphatic carbocycles. The van der Waals surface area contributed by atoms with Gasteiger partial charge in [0.25, 0.3) is 11.8 Å². The summed E-state index contributed by atoms with van der Waals surface area (Å²) >= 11 is 2.17. The molecule has 0 bridgehead atoms. The van der Waals surface area contributed by atoms with Gasteiger partial charge in [0, 0.05) is 29.4 Å². The molecular formula is C39H52IN7O6. The molecule has 2 aromatic rings. The number of benzene rings is 1. The van der Waals surface area contributed by atoms with Crippen molar-refractivity contribution in [3.8, 4) is 0 Å². The summed E-state index contributed by atoms with van der Waals surface area (Å²) in [7, 11) is 0. The zero-order valence-corrected chi connectivity index (χ0v) is 32.6. The maximum atomic E-state index is 14.6. The zero-order chi connectivity index (χ0) is 37.7. The van der Waals surface area contributed by atoms with Crippen molar-refractivity contribution in [2.45, 2.75) is 125 Å². The van der Waals surface area contributed by atoms with Crippen LogP contribution in [0, 0.1) is 11.8 Å². The summed E-state index contributed by atoms with van der Waals surface area (Å²) in [6.07, 6.45) is 14.5. The van der Waals surface area contributed by atoms with Gasteiger partial charge in [0.15, 0.2) is 0 Å². The van der Waals surface area contributed by atoms with E-state index in [1.807, 2.05) is 37.3 Å². The predicted molar refractivity (Wildman–Crippen MR) is 206 cm³/mol. The Balaban J connectivity index is 1.32. The van der Waals surface area contributed by atoms with Gasteiger partial charge in [-0.2, -0.15) is 0 Å². The minimum atomic E-state index is -1.05. The van der Waals surface area contributed by atoms with Crippen molar-refractivity contribution in [2.75, 3.05) is 6.54 Å². The molecule has 1 unspecified atom stereocenters. The average Bonchev–Trinajstić information content (AvgIpc) is 3.59. The Morgan fingerprint density at radius 3 is 2.11 bits per heavy atom. The maximum absolute atomic E-state index is 14.6. The number of nitrogens with zero attached hydrogens (tertiary/aromatic N) is 3. The number of nitrogens with one attached hydrogen (secondary N) is 4. The normalized spacial score (nSPS) is 21.1. The van der Waals surface area contributed by atoms with Crippen LogP contribution in [0.3, 0.4) is 0 Å². The molecule has 53 heavy (non-hydrogen) atoms. The molecule has 1 aromatic carbocycles. The van der Waals surface area contributed by atoms with E-state index in [1.54, 1.807) is 4.90 Å². The van der Waals surface area contributed by atoms with Crippen LogP contribution in [0.2, 0.25) is 0 Å². The molecule has 1 aliphatic heterocycles. The van der Waals surface area contributed by atoms with Crippen LogP contribution in [0.25, 0.3) is 0 Å². The average molecular weight is 842 g/mol. The summed E-state index contributed by atoms with van der Waals surface area (Å²) in [4.78, 5) is 92.0. The molecule has 2 saturated carbocycles. The first-order chi connectivity index (χ1) is 25.7. The quantitative estimate of drug-likeness (QED) is 0.119. The second-order valence-electron chi connectivity index (χ2n) is 14.5. The van der Waals surface area contributed by atoms with Crippen LogP contribution in [-0.2, 0) is 30.5 Å². The summed E-state index contributed by atoms with van der Waals surface area (Å²) in [6, 6.07) is 5.54. The first kappa shape index (κ1) is 40.2. The summed E-state index contributed by atoms with van der Waals surface area (Å²) in [6.45, 7) is 2.36. The molecule has 5 amide bonds. The number of hydrogen-bond donors (Lipinski definition) is 4. The summed E-state index contributed by atoms with van der Waals surface area (Å²) in [5.41, 5.74) is 0.948. The van der Waals surface area contributed by atoms with Gasteiger partial charge in [0.1, 0.15) is 23.8 Å². The van der Waals surface area contributed by atoms with Crippen LogP contribution in [0.4, 0.5) is 0 Å². The smallest absolute Gasteiger partial charge is 0.289 e. The third kappa shape index (κ3) is 10.8. The van der Waals surface area contributed by atoms with E-state index in [0.717, 1.165) is 69.8 Å². The number of likely N-dealkylation sites (tertiary alicyclic amines) is 1. The van der Waals surface area contributed by atoms with Crippen molar-refractivity contribution in [3.63, 3.8) is 0 Å². The van der Waals surface area contributed by atoms with Gasteiger partial charge in [-0.05, 0) is 55.9 Å². The second kappa shape index (κ2) is 19.9. The van der Waals surface area contributed by atoms with Crippen molar-refractivity contribution in [1.29, 1.82) is 0 Å². The summed E-state index contributed by atoms with van der Waals surface area (Å²) < 4.78 is -0.246. The number of aromatic nitrogens is 2. The number of rotatable bonds is 15. The molecule has 1 aromatic heterocycles. The molecule has 3 fully saturated rings. The maximum Gasteiger partial charge on any atom is 0.289 e. The number of Topliss-reactive ketones (excluding diaryl/α,β-unsaturated/α-hetero) is 1. The zero-order valence-electron chi connectivity index (χ0n) is 30.4. The van der Waals surface area contributed by atoms with Crippen LogP contribution in [0.5, 0.6) is 0 Å². The number of carbonyl (C=O) groups is 6. The Kier molecular flexibility index (Phi) is 15.1. The highest BCUT2D eigenvalue weighted by Crippen LogP contribution is 2.32. The molecule has 0 radical (unpaired) electrons. The second-order valence-corrected chi connectivity index (χ2v) is 16.1. The Hall–Kier alpha value is -3.95. The molecule has 1 saturated heterocycles. The van der Waals surface area contributed by atoms with Crippen LogP contribution in [0.1, 0.15) is 106 Å². The van der Waals surface area contributed by atoms with Crippen LogP contribution < -0.4 is 21.3 Å². The largest absolute Gasteiger partial charge is 0.345 e. The highest BCUT2D eigenvalue weighted by molar-refractivity contribution is 14.1. The van der Waals surface area contributed by atoms with Crippen molar-refractivity contribution in [3.05, 3.63) is 60.2 Å². The van der Waals surface area contributed by atoms with E-state index in [4.69, 9.17) is 0 Å². The van der Waals surface area contributed by atoms with Crippen molar-refractivity contribution < 1.29 is 28.8 Å². The molecule has 2 heterocycles. The number of amides is 5. The van der Waals surface area contributed by atoms with Crippen LogP contribution in [-0.4, -0.2) is 84.8 Å². The molecule has 13 nitrogen and oxygen atoms in total. The fourth-order valence-electron chi connectivity index (χ4n) is 7.91. The van der Waals surface area contributed by atoms with Crippen molar-refractivity contribution >= 4 is 57.9 Å². The molecule has 3 aliphatic rings. The van der Waals surface area contributed by atoms with Gasteiger partial charge in [-0.3, -0.25) is 33.8 Å². The number of hydrogen-bond acceptors (Lipinski definition) is 8. The number of ketones is 1. The molecule has 4 N–H and O–H groups in total. The van der Waals surface area contributed by atoms with Crippen molar-refractivity contribution in [2.24, 2.45) is 11.8 Å². The van der Waals surface area contributed by atoms with E-state index in [0.29, 0.717) is 19.4 Å². The number of halogens is 1. The lowest BCUT2D eigenvalue weighted by Gasteiger charge is -2.37. The fraction of sp³-hybridized carbons (Fsp3) is 0.590. The number of alkyl halides is 1. The van der Waals surface area contributed by atoms with Crippen LogP contribution >= 0.6 is 22.6 Å². The fourth-order valence-corrected chi connectivity index (χ4v) is 8.91. The van der Waals surface area contributed by atoms with E-state index in [-0.39, 0.29) is 40.3 Å². The lowest BCUT2D eigenvalue weighted by Crippen LogP contribution is -2.61. The minimum Gasteiger partial charge on any atom is -0.345 e. The molecule has 5 atom stereocenters. The van der Waals surface area contributed by atoms with Gasteiger partial charge >= 0.3 is 0 Å². The van der Waals surface area contributed by atoms with E-state index in [9.17, 15) is 28.8 Å². The topological polar surface area (TPSA) is 180 Å². The molecule has 5 rings (SSSR count). The van der Waals surface area contributed by atoms with E-state index in [1.165, 1.54) is 18.6 Å². The molecule has 0 spiro atoms. The van der Waals surface area contributed by atoms with Gasteiger partial charge in [0.05, 0.1) is 12.2 Å². The van der Waals surface area contributed by atoms with E-state index in [2.05, 4.69) is 53.8 Å². The first-order valence-electron chi connectivity index (χ1n) is 19.2. The van der Waals surface area contributed by atoms with E-state index >= 15 is 0 Å². The molecule has 14 heteroatoms. The van der Waals surface area contributed by atoms with Gasteiger partial charge in [-0.25, -0.2) is 4.98 Å². The van der Waals surface area contributed by atoms with E-state index < -0.39 is 53.6 Å². The third-order valence-electron chi connectivity index (χ3n) is 10.8. The Morgan fingerprint density at radius 1 is 0.830 bits per heavy atom. The molecular weight excluding hydrogens is 789 g/mol. The summed E-state index contributed by atoms with van der Waals surface area (Å²) in [5.74, 6) is -3.51.